The molecule has 0 aliphatic heterocycles. The van der Waals surface area contributed by atoms with Gasteiger partial charge in [-0.1, -0.05) is 0 Å². The highest BCUT2D eigenvalue weighted by molar-refractivity contribution is 9.10. The molecule has 0 unspecified atom stereocenters. The van der Waals surface area contributed by atoms with Gasteiger partial charge < -0.3 is 14.6 Å². The Bertz CT molecular complexity index is 507. The van der Waals surface area contributed by atoms with Crippen LogP contribution in [0.1, 0.15) is 10.4 Å². The third-order valence-electron chi connectivity index (χ3n) is 2.12. The van der Waals surface area contributed by atoms with E-state index in [2.05, 4.69) is 15.9 Å². The minimum Gasteiger partial charge on any atom is -0.496 e. The number of carboxylic acids is 1. The quantitative estimate of drug-likeness (QED) is 0.667. The molecular weight excluding hydrogens is 304 g/mol. The molecule has 1 rings (SSSR count). The van der Waals surface area contributed by atoms with Crippen LogP contribution in [0.4, 0.5) is 0 Å². The zero-order valence-corrected chi connectivity index (χ0v) is 11.4. The Labute approximate surface area is 112 Å². The minimum atomic E-state index is -1.19. The van der Waals surface area contributed by atoms with Gasteiger partial charge >= 0.3 is 5.97 Å². The normalized spacial score (nSPS) is 10.4. The molecule has 0 spiro atoms. The molecule has 0 saturated carbocycles. The van der Waals surface area contributed by atoms with Crippen molar-refractivity contribution >= 4 is 27.7 Å². The van der Waals surface area contributed by atoms with Crippen LogP contribution in [-0.4, -0.2) is 31.1 Å². The number of ketones is 1. The lowest BCUT2D eigenvalue weighted by Gasteiger charge is -2.10. The van der Waals surface area contributed by atoms with Crippen molar-refractivity contribution in [1.29, 1.82) is 0 Å². The summed E-state index contributed by atoms with van der Waals surface area (Å²) in [5.41, 5.74) is 0.252. The molecular formula is C12H11BrO5. The molecule has 0 aliphatic rings. The number of rotatable bonds is 5. The van der Waals surface area contributed by atoms with E-state index < -0.39 is 11.8 Å². The molecule has 5 nitrogen and oxygen atoms in total. The van der Waals surface area contributed by atoms with Crippen LogP contribution < -0.4 is 9.47 Å². The predicted molar refractivity (Wildman–Crippen MR) is 68.4 cm³/mol. The first-order valence-electron chi connectivity index (χ1n) is 4.86. The largest absolute Gasteiger partial charge is 0.496 e. The first kappa shape index (κ1) is 14.2. The maximum atomic E-state index is 11.8. The van der Waals surface area contributed by atoms with Crippen LogP contribution in [0.3, 0.4) is 0 Å². The van der Waals surface area contributed by atoms with E-state index in [0.717, 1.165) is 12.2 Å². The zero-order chi connectivity index (χ0) is 13.7. The van der Waals surface area contributed by atoms with Crippen molar-refractivity contribution in [3.8, 4) is 11.5 Å². The molecule has 0 aliphatic carbocycles. The summed E-state index contributed by atoms with van der Waals surface area (Å²) in [6, 6.07) is 3.07. The highest BCUT2D eigenvalue weighted by Gasteiger charge is 2.14. The Morgan fingerprint density at radius 1 is 1.17 bits per heavy atom. The van der Waals surface area contributed by atoms with Crippen molar-refractivity contribution < 1.29 is 24.2 Å². The van der Waals surface area contributed by atoms with Crippen LogP contribution in [0, 0.1) is 0 Å². The van der Waals surface area contributed by atoms with E-state index in [1.165, 1.54) is 20.3 Å². The van der Waals surface area contributed by atoms with Gasteiger partial charge in [-0.2, -0.15) is 0 Å². The van der Waals surface area contributed by atoms with Crippen LogP contribution in [0.2, 0.25) is 0 Å². The summed E-state index contributed by atoms with van der Waals surface area (Å²) >= 11 is 3.25. The van der Waals surface area contributed by atoms with Gasteiger partial charge in [0.15, 0.2) is 5.78 Å². The number of benzene rings is 1. The monoisotopic (exact) mass is 314 g/mol. The molecule has 96 valence electrons. The van der Waals surface area contributed by atoms with Crippen molar-refractivity contribution in [2.45, 2.75) is 0 Å². The first-order valence-corrected chi connectivity index (χ1v) is 5.65. The van der Waals surface area contributed by atoms with E-state index in [1.807, 2.05) is 0 Å². The second kappa shape index (κ2) is 6.20. The number of ether oxygens (including phenoxy) is 2. The molecule has 1 N–H and O–H groups in total. The Kier molecular flexibility index (Phi) is 4.91. The molecule has 6 heteroatoms. The van der Waals surface area contributed by atoms with Crippen molar-refractivity contribution in [3.05, 3.63) is 34.3 Å². The van der Waals surface area contributed by atoms with E-state index in [1.54, 1.807) is 6.07 Å². The number of aliphatic carboxylic acids is 1. The van der Waals surface area contributed by atoms with E-state index in [9.17, 15) is 9.59 Å². The molecule has 0 heterocycles. The number of carboxylic acid groups (broad SMARTS) is 1. The molecule has 0 radical (unpaired) electrons. The molecule has 18 heavy (non-hydrogen) atoms. The predicted octanol–water partition coefficient (Wildman–Crippen LogP) is 2.29. The van der Waals surface area contributed by atoms with Crippen molar-refractivity contribution in [2.75, 3.05) is 14.2 Å². The van der Waals surface area contributed by atoms with Gasteiger partial charge in [0.2, 0.25) is 0 Å². The van der Waals surface area contributed by atoms with Crippen LogP contribution in [0.5, 0.6) is 11.5 Å². The van der Waals surface area contributed by atoms with E-state index in [0.29, 0.717) is 16.0 Å². The number of hydrogen-bond acceptors (Lipinski definition) is 4. The highest BCUT2D eigenvalue weighted by atomic mass is 79.9. The van der Waals surface area contributed by atoms with Gasteiger partial charge in [-0.25, -0.2) is 4.79 Å². The Balaban J connectivity index is 3.19. The average Bonchev–Trinajstić information content (AvgIpc) is 2.35. The first-order chi connectivity index (χ1) is 8.49. The summed E-state index contributed by atoms with van der Waals surface area (Å²) in [7, 11) is 2.91. The highest BCUT2D eigenvalue weighted by Crippen LogP contribution is 2.33. The van der Waals surface area contributed by atoms with Gasteiger partial charge in [-0.15, -0.1) is 0 Å². The topological polar surface area (TPSA) is 72.8 Å². The fraction of sp³-hybridized carbons (Fsp3) is 0.167. The standard InChI is InChI=1S/C12H11BrO5/c1-17-10-6-11(18-2)8(13)5-7(10)9(14)3-4-12(15)16/h3-6H,1-2H3,(H,15,16)/b4-3+. The van der Waals surface area contributed by atoms with Crippen LogP contribution in [-0.2, 0) is 4.79 Å². The zero-order valence-electron chi connectivity index (χ0n) is 9.77. The van der Waals surface area contributed by atoms with Gasteiger partial charge in [0.05, 0.1) is 24.3 Å². The molecule has 0 bridgehead atoms. The lowest BCUT2D eigenvalue weighted by atomic mass is 10.1. The van der Waals surface area contributed by atoms with E-state index >= 15 is 0 Å². The molecule has 0 aromatic heterocycles. The molecule has 0 amide bonds. The summed E-state index contributed by atoms with van der Waals surface area (Å²) in [6.45, 7) is 0. The number of methoxy groups -OCH3 is 2. The molecule has 0 atom stereocenters. The lowest BCUT2D eigenvalue weighted by Crippen LogP contribution is -2.01. The number of carbonyl (C=O) groups is 2. The van der Waals surface area contributed by atoms with Gasteiger partial charge in [-0.05, 0) is 28.1 Å². The van der Waals surface area contributed by atoms with E-state index in [-0.39, 0.29) is 5.56 Å². The molecule has 1 aromatic rings. The summed E-state index contributed by atoms with van der Waals surface area (Å²) in [6.07, 6.45) is 1.75. The minimum absolute atomic E-state index is 0.252. The Morgan fingerprint density at radius 2 is 1.78 bits per heavy atom. The third kappa shape index (κ3) is 3.33. The van der Waals surface area contributed by atoms with Crippen LogP contribution in [0.25, 0.3) is 0 Å². The Hall–Kier alpha value is -1.82. The van der Waals surface area contributed by atoms with Crippen LogP contribution in [0.15, 0.2) is 28.8 Å². The maximum Gasteiger partial charge on any atom is 0.328 e. The smallest absolute Gasteiger partial charge is 0.328 e. The molecule has 0 saturated heterocycles. The summed E-state index contributed by atoms with van der Waals surface area (Å²) in [5.74, 6) is -0.812. The SMILES string of the molecule is COc1cc(OC)c(C(=O)/C=C/C(=O)O)cc1Br. The number of carbonyl (C=O) groups excluding carboxylic acids is 1. The van der Waals surface area contributed by atoms with Gasteiger partial charge in [0, 0.05) is 12.1 Å². The van der Waals surface area contributed by atoms with Crippen molar-refractivity contribution in [1.82, 2.24) is 0 Å². The molecule has 0 fully saturated rings. The van der Waals surface area contributed by atoms with Crippen molar-refractivity contribution in [3.63, 3.8) is 0 Å². The summed E-state index contributed by atoms with van der Waals surface area (Å²) < 4.78 is 10.7. The fourth-order valence-electron chi connectivity index (χ4n) is 1.29. The maximum absolute atomic E-state index is 11.8. The Morgan fingerprint density at radius 3 is 2.28 bits per heavy atom. The number of halogens is 1. The fourth-order valence-corrected chi connectivity index (χ4v) is 1.79. The van der Waals surface area contributed by atoms with Gasteiger partial charge in [0.25, 0.3) is 0 Å². The van der Waals surface area contributed by atoms with Gasteiger partial charge in [0.1, 0.15) is 11.5 Å². The van der Waals surface area contributed by atoms with Crippen molar-refractivity contribution in [2.24, 2.45) is 0 Å². The van der Waals surface area contributed by atoms with Crippen LogP contribution >= 0.6 is 15.9 Å². The number of hydrogen-bond donors (Lipinski definition) is 1. The van der Waals surface area contributed by atoms with Gasteiger partial charge in [-0.3, -0.25) is 4.79 Å². The number of allylic oxidation sites excluding steroid dienone is 1. The lowest BCUT2D eigenvalue weighted by molar-refractivity contribution is -0.131. The summed E-state index contributed by atoms with van der Waals surface area (Å²) in [4.78, 5) is 22.1. The molecule has 1 aromatic carbocycles. The third-order valence-corrected chi connectivity index (χ3v) is 2.74. The second-order valence-electron chi connectivity index (χ2n) is 3.22. The second-order valence-corrected chi connectivity index (χ2v) is 4.08. The summed E-state index contributed by atoms with van der Waals surface area (Å²) in [5, 5.41) is 8.47. The average molecular weight is 315 g/mol. The van der Waals surface area contributed by atoms with E-state index in [4.69, 9.17) is 14.6 Å².